The van der Waals surface area contributed by atoms with E-state index in [1.54, 1.807) is 6.92 Å². The van der Waals surface area contributed by atoms with Crippen LogP contribution in [-0.4, -0.2) is 24.5 Å². The highest BCUT2D eigenvalue weighted by molar-refractivity contribution is 6.04. The molecule has 2 aromatic carbocycles. The molecule has 0 saturated heterocycles. The van der Waals surface area contributed by atoms with Crippen molar-refractivity contribution in [3.8, 4) is 11.5 Å². The molecule has 0 saturated carbocycles. The Labute approximate surface area is 147 Å². The molecular weight excluding hydrogens is 314 g/mol. The van der Waals surface area contributed by atoms with Gasteiger partial charge in [0, 0.05) is 30.5 Å². The van der Waals surface area contributed by atoms with Gasteiger partial charge in [-0.1, -0.05) is 24.3 Å². The zero-order valence-electron chi connectivity index (χ0n) is 14.6. The van der Waals surface area contributed by atoms with Gasteiger partial charge in [-0.2, -0.15) is 0 Å². The normalized spacial score (nSPS) is 10.5. The highest BCUT2D eigenvalue weighted by Gasteiger charge is 2.18. The van der Waals surface area contributed by atoms with Gasteiger partial charge in [0.15, 0.2) is 5.69 Å². The second-order valence-corrected chi connectivity index (χ2v) is 5.81. The lowest BCUT2D eigenvalue weighted by atomic mass is 10.2. The molecule has 0 aliphatic carbocycles. The van der Waals surface area contributed by atoms with Gasteiger partial charge in [0.05, 0.1) is 0 Å². The van der Waals surface area contributed by atoms with Gasteiger partial charge in [0.25, 0.3) is 5.91 Å². The summed E-state index contributed by atoms with van der Waals surface area (Å²) in [4.78, 5) is 19.0. The number of benzene rings is 2. The van der Waals surface area contributed by atoms with E-state index in [1.807, 2.05) is 61.6 Å². The van der Waals surface area contributed by atoms with Gasteiger partial charge in [-0.3, -0.25) is 4.79 Å². The number of aryl methyl sites for hydroxylation is 1. The molecular formula is C20H21N3O2. The second kappa shape index (κ2) is 7.21. The van der Waals surface area contributed by atoms with E-state index in [4.69, 9.17) is 4.42 Å². The minimum absolute atomic E-state index is 0.278. The summed E-state index contributed by atoms with van der Waals surface area (Å²) in [6, 6.07) is 17.3. The van der Waals surface area contributed by atoms with Crippen LogP contribution in [0.5, 0.6) is 0 Å². The Morgan fingerprint density at radius 2 is 1.92 bits per heavy atom. The average Bonchev–Trinajstić information content (AvgIpc) is 3.04. The molecule has 3 aromatic rings. The van der Waals surface area contributed by atoms with Gasteiger partial charge in [0.1, 0.15) is 5.76 Å². The SMILES string of the molecule is CCN(C)c1cccc(NC(=O)c2nc(-c3ccccc3)oc2C)c1. The van der Waals surface area contributed by atoms with Crippen molar-refractivity contribution in [3.63, 3.8) is 0 Å². The first-order chi connectivity index (χ1) is 12.1. The van der Waals surface area contributed by atoms with Crippen molar-refractivity contribution < 1.29 is 9.21 Å². The smallest absolute Gasteiger partial charge is 0.277 e. The molecule has 1 heterocycles. The van der Waals surface area contributed by atoms with Crippen LogP contribution in [0.4, 0.5) is 11.4 Å². The molecule has 0 bridgehead atoms. The molecule has 0 spiro atoms. The van der Waals surface area contributed by atoms with Gasteiger partial charge in [-0.25, -0.2) is 4.98 Å². The van der Waals surface area contributed by atoms with Gasteiger partial charge < -0.3 is 14.6 Å². The van der Waals surface area contributed by atoms with Crippen LogP contribution in [0.25, 0.3) is 11.5 Å². The van der Waals surface area contributed by atoms with E-state index in [0.29, 0.717) is 17.3 Å². The molecule has 0 fully saturated rings. The number of aromatic nitrogens is 1. The topological polar surface area (TPSA) is 58.4 Å². The average molecular weight is 335 g/mol. The molecule has 5 nitrogen and oxygen atoms in total. The van der Waals surface area contributed by atoms with E-state index in [9.17, 15) is 4.79 Å². The first-order valence-corrected chi connectivity index (χ1v) is 8.24. The summed E-state index contributed by atoms with van der Waals surface area (Å²) < 4.78 is 5.66. The molecule has 128 valence electrons. The minimum atomic E-state index is -0.278. The minimum Gasteiger partial charge on any atom is -0.441 e. The lowest BCUT2D eigenvalue weighted by Gasteiger charge is -2.17. The Balaban J connectivity index is 1.81. The van der Waals surface area contributed by atoms with Crippen molar-refractivity contribution >= 4 is 17.3 Å². The lowest BCUT2D eigenvalue weighted by molar-refractivity contribution is 0.102. The third kappa shape index (κ3) is 3.71. The highest BCUT2D eigenvalue weighted by Crippen LogP contribution is 2.23. The maximum Gasteiger partial charge on any atom is 0.277 e. The first-order valence-electron chi connectivity index (χ1n) is 8.24. The summed E-state index contributed by atoms with van der Waals surface area (Å²) in [5, 5.41) is 2.90. The standard InChI is InChI=1S/C20H21N3O2/c1-4-23(3)17-12-8-11-16(13-17)21-19(24)18-14(2)25-20(22-18)15-9-6-5-7-10-15/h5-13H,4H2,1-3H3,(H,21,24). The Morgan fingerprint density at radius 3 is 2.64 bits per heavy atom. The Bertz CT molecular complexity index is 872. The number of hydrogen-bond acceptors (Lipinski definition) is 4. The molecule has 0 aliphatic rings. The number of carbonyl (C=O) groups excluding carboxylic acids is 1. The molecule has 0 unspecified atom stereocenters. The predicted octanol–water partition coefficient (Wildman–Crippen LogP) is 4.36. The molecule has 5 heteroatoms. The third-order valence-electron chi connectivity index (χ3n) is 4.05. The van der Waals surface area contributed by atoms with Crippen LogP contribution in [0.15, 0.2) is 59.0 Å². The maximum atomic E-state index is 12.6. The number of nitrogens with zero attached hydrogens (tertiary/aromatic N) is 2. The zero-order valence-corrected chi connectivity index (χ0v) is 14.6. The highest BCUT2D eigenvalue weighted by atomic mass is 16.4. The number of anilines is 2. The largest absolute Gasteiger partial charge is 0.441 e. The number of oxazole rings is 1. The second-order valence-electron chi connectivity index (χ2n) is 5.81. The molecule has 0 radical (unpaired) electrons. The van der Waals surface area contributed by atoms with E-state index >= 15 is 0 Å². The van der Waals surface area contributed by atoms with Gasteiger partial charge in [-0.15, -0.1) is 0 Å². The monoisotopic (exact) mass is 335 g/mol. The molecule has 1 aromatic heterocycles. The molecule has 1 N–H and O–H groups in total. The van der Waals surface area contributed by atoms with E-state index < -0.39 is 0 Å². The van der Waals surface area contributed by atoms with Gasteiger partial charge >= 0.3 is 0 Å². The molecule has 3 rings (SSSR count). The van der Waals surface area contributed by atoms with E-state index in [1.165, 1.54) is 0 Å². The maximum absolute atomic E-state index is 12.6. The number of carbonyl (C=O) groups is 1. The fourth-order valence-corrected chi connectivity index (χ4v) is 2.51. The van der Waals surface area contributed by atoms with E-state index in [-0.39, 0.29) is 5.91 Å². The van der Waals surface area contributed by atoms with Crippen LogP contribution in [0, 0.1) is 6.92 Å². The van der Waals surface area contributed by atoms with Gasteiger partial charge in [0.2, 0.25) is 5.89 Å². The van der Waals surface area contributed by atoms with E-state index in [2.05, 4.69) is 22.1 Å². The fraction of sp³-hybridized carbons (Fsp3) is 0.200. The predicted molar refractivity (Wildman–Crippen MR) is 100 cm³/mol. The summed E-state index contributed by atoms with van der Waals surface area (Å²) in [6.45, 7) is 4.71. The molecule has 25 heavy (non-hydrogen) atoms. The number of rotatable bonds is 5. The summed E-state index contributed by atoms with van der Waals surface area (Å²) in [6.07, 6.45) is 0. The van der Waals surface area contributed by atoms with Crippen LogP contribution in [0.1, 0.15) is 23.2 Å². The van der Waals surface area contributed by atoms with Crippen molar-refractivity contribution in [2.75, 3.05) is 23.8 Å². The van der Waals surface area contributed by atoms with Crippen molar-refractivity contribution in [1.82, 2.24) is 4.98 Å². The zero-order chi connectivity index (χ0) is 17.8. The Kier molecular flexibility index (Phi) is 4.84. The lowest BCUT2D eigenvalue weighted by Crippen LogP contribution is -2.17. The molecule has 0 aliphatic heterocycles. The van der Waals surface area contributed by atoms with Crippen LogP contribution in [-0.2, 0) is 0 Å². The molecule has 0 atom stereocenters. The van der Waals surface area contributed by atoms with Gasteiger partial charge in [-0.05, 0) is 44.2 Å². The van der Waals surface area contributed by atoms with Crippen molar-refractivity contribution in [1.29, 1.82) is 0 Å². The summed E-state index contributed by atoms with van der Waals surface area (Å²) in [7, 11) is 2.01. The number of amides is 1. The quantitative estimate of drug-likeness (QED) is 0.753. The van der Waals surface area contributed by atoms with Crippen LogP contribution >= 0.6 is 0 Å². The number of hydrogen-bond donors (Lipinski definition) is 1. The summed E-state index contributed by atoms with van der Waals surface area (Å²) in [5.41, 5.74) is 2.91. The van der Waals surface area contributed by atoms with E-state index in [0.717, 1.165) is 23.5 Å². The summed E-state index contributed by atoms with van der Waals surface area (Å²) >= 11 is 0. The third-order valence-corrected chi connectivity index (χ3v) is 4.05. The number of nitrogens with one attached hydrogen (secondary N) is 1. The van der Waals surface area contributed by atoms with Crippen molar-refractivity contribution in [2.45, 2.75) is 13.8 Å². The first kappa shape index (κ1) is 16.8. The summed E-state index contributed by atoms with van der Waals surface area (Å²) in [5.74, 6) is 0.667. The van der Waals surface area contributed by atoms with Crippen LogP contribution in [0.3, 0.4) is 0 Å². The van der Waals surface area contributed by atoms with Crippen molar-refractivity contribution in [3.05, 3.63) is 66.1 Å². The Hall–Kier alpha value is -3.08. The molecule has 1 amide bonds. The Morgan fingerprint density at radius 1 is 1.16 bits per heavy atom. The van der Waals surface area contributed by atoms with Crippen LogP contribution < -0.4 is 10.2 Å². The van der Waals surface area contributed by atoms with Crippen LogP contribution in [0.2, 0.25) is 0 Å². The fourth-order valence-electron chi connectivity index (χ4n) is 2.51. The van der Waals surface area contributed by atoms with Crippen molar-refractivity contribution in [2.24, 2.45) is 0 Å².